The van der Waals surface area contributed by atoms with Crippen molar-refractivity contribution in [3.63, 3.8) is 0 Å². The first-order valence-corrected chi connectivity index (χ1v) is 18.5. The van der Waals surface area contributed by atoms with Gasteiger partial charge in [0.25, 0.3) is 0 Å². The fourth-order valence-corrected chi connectivity index (χ4v) is 9.61. The molecule has 246 valence electrons. The maximum Gasteiger partial charge on any atom is 0.126 e. The standard InChI is InChI=1S/C48H33N3S/c1-30-25-26-49-43(27-30)34-21-19-32(20-22-34)35-23-24-37-36-13-6-7-15-39(36)48(42(37)28-35)40-16-8-9-18-46(40)52-47-38(14-10-17-41(47)48)45-29-44(50-31(2)51-45)33-11-4-3-5-12-33/h3-29H,1-2H3. The third-order valence-electron chi connectivity index (χ3n) is 10.6. The largest absolute Gasteiger partial charge is 0.256 e. The number of pyridine rings is 1. The highest BCUT2D eigenvalue weighted by atomic mass is 32.2. The minimum Gasteiger partial charge on any atom is -0.256 e. The van der Waals surface area contributed by atoms with Crippen LogP contribution in [0, 0.1) is 13.8 Å². The Morgan fingerprint density at radius 2 is 1.10 bits per heavy atom. The molecular formula is C48H33N3S. The molecule has 1 aliphatic carbocycles. The van der Waals surface area contributed by atoms with Gasteiger partial charge in [-0.05, 0) is 94.3 Å². The van der Waals surface area contributed by atoms with Crippen molar-refractivity contribution in [3.8, 4) is 56.0 Å². The summed E-state index contributed by atoms with van der Waals surface area (Å²) in [5.41, 5.74) is 17.1. The zero-order valence-corrected chi connectivity index (χ0v) is 29.7. The van der Waals surface area contributed by atoms with Crippen molar-refractivity contribution in [2.75, 3.05) is 0 Å². The van der Waals surface area contributed by atoms with Gasteiger partial charge in [0.2, 0.25) is 0 Å². The van der Waals surface area contributed by atoms with Crippen LogP contribution < -0.4 is 0 Å². The van der Waals surface area contributed by atoms with E-state index in [-0.39, 0.29) is 0 Å². The Labute approximate surface area is 308 Å². The first kappa shape index (κ1) is 30.7. The number of aromatic nitrogens is 3. The zero-order chi connectivity index (χ0) is 34.8. The van der Waals surface area contributed by atoms with E-state index in [9.17, 15) is 0 Å². The molecule has 1 spiro atoms. The first-order chi connectivity index (χ1) is 25.6. The Morgan fingerprint density at radius 1 is 0.442 bits per heavy atom. The lowest BCUT2D eigenvalue weighted by atomic mass is 9.66. The van der Waals surface area contributed by atoms with E-state index in [1.165, 1.54) is 59.9 Å². The second kappa shape index (κ2) is 12.0. The third-order valence-corrected chi connectivity index (χ3v) is 11.8. The average Bonchev–Trinajstić information content (AvgIpc) is 3.48. The van der Waals surface area contributed by atoms with E-state index in [1.54, 1.807) is 0 Å². The highest BCUT2D eigenvalue weighted by molar-refractivity contribution is 7.99. The lowest BCUT2D eigenvalue weighted by molar-refractivity contribution is 0.723. The van der Waals surface area contributed by atoms with Gasteiger partial charge >= 0.3 is 0 Å². The normalized spacial score (nSPS) is 15.1. The quantitative estimate of drug-likeness (QED) is 0.185. The van der Waals surface area contributed by atoms with E-state index in [0.29, 0.717) is 0 Å². The summed E-state index contributed by atoms with van der Waals surface area (Å²) in [6.07, 6.45) is 1.88. The first-order valence-electron chi connectivity index (χ1n) is 17.7. The molecule has 3 heterocycles. The number of rotatable bonds is 4. The Bertz CT molecular complexity index is 2680. The number of benzene rings is 6. The van der Waals surface area contributed by atoms with Crippen molar-refractivity contribution in [1.82, 2.24) is 15.0 Å². The third kappa shape index (κ3) is 4.72. The summed E-state index contributed by atoms with van der Waals surface area (Å²) < 4.78 is 0. The van der Waals surface area contributed by atoms with Gasteiger partial charge in [0.05, 0.1) is 22.5 Å². The lowest BCUT2D eigenvalue weighted by Gasteiger charge is -2.40. The molecule has 0 amide bonds. The smallest absolute Gasteiger partial charge is 0.126 e. The van der Waals surface area contributed by atoms with Crippen molar-refractivity contribution in [3.05, 3.63) is 198 Å². The molecule has 2 aliphatic rings. The van der Waals surface area contributed by atoms with Crippen LogP contribution in [0.5, 0.6) is 0 Å². The summed E-state index contributed by atoms with van der Waals surface area (Å²) in [7, 11) is 0. The second-order valence-electron chi connectivity index (χ2n) is 13.7. The van der Waals surface area contributed by atoms with Gasteiger partial charge in [-0.15, -0.1) is 0 Å². The average molecular weight is 684 g/mol. The van der Waals surface area contributed by atoms with Crippen LogP contribution in [0.4, 0.5) is 0 Å². The Hall–Kier alpha value is -6.10. The van der Waals surface area contributed by atoms with Gasteiger partial charge in [-0.2, -0.15) is 0 Å². The zero-order valence-electron chi connectivity index (χ0n) is 28.8. The van der Waals surface area contributed by atoms with Gasteiger partial charge in [0, 0.05) is 32.7 Å². The Kier molecular flexibility index (Phi) is 7.09. The van der Waals surface area contributed by atoms with Gasteiger partial charge < -0.3 is 0 Å². The summed E-state index contributed by atoms with van der Waals surface area (Å²) in [6.45, 7) is 4.10. The van der Waals surface area contributed by atoms with Crippen LogP contribution in [-0.2, 0) is 5.41 Å². The highest BCUT2D eigenvalue weighted by Crippen LogP contribution is 2.63. The van der Waals surface area contributed by atoms with Crippen LogP contribution in [0.15, 0.2) is 174 Å². The molecule has 0 fully saturated rings. The van der Waals surface area contributed by atoms with Gasteiger partial charge in [0.1, 0.15) is 5.82 Å². The number of aryl methyl sites for hydroxylation is 2. The topological polar surface area (TPSA) is 38.7 Å². The monoisotopic (exact) mass is 683 g/mol. The molecule has 0 saturated heterocycles. The van der Waals surface area contributed by atoms with E-state index in [2.05, 4.69) is 158 Å². The van der Waals surface area contributed by atoms with Crippen molar-refractivity contribution >= 4 is 11.8 Å². The fraction of sp³-hybridized carbons (Fsp3) is 0.0625. The molecule has 0 saturated carbocycles. The predicted octanol–water partition coefficient (Wildman–Crippen LogP) is 12.0. The molecule has 10 rings (SSSR count). The molecule has 3 nitrogen and oxygen atoms in total. The van der Waals surface area contributed by atoms with Gasteiger partial charge in [-0.25, -0.2) is 9.97 Å². The molecule has 6 aromatic carbocycles. The number of hydrogen-bond acceptors (Lipinski definition) is 4. The minimum atomic E-state index is -0.509. The van der Waals surface area contributed by atoms with Crippen LogP contribution in [0.1, 0.15) is 33.6 Å². The summed E-state index contributed by atoms with van der Waals surface area (Å²) in [6, 6.07) is 57.4. The second-order valence-corrected chi connectivity index (χ2v) is 14.7. The summed E-state index contributed by atoms with van der Waals surface area (Å²) >= 11 is 1.86. The molecule has 2 aromatic heterocycles. The molecule has 0 radical (unpaired) electrons. The minimum absolute atomic E-state index is 0.509. The fourth-order valence-electron chi connectivity index (χ4n) is 8.29. The van der Waals surface area contributed by atoms with Crippen LogP contribution in [-0.4, -0.2) is 15.0 Å². The SMILES string of the molecule is Cc1ccnc(-c2ccc(-c3ccc4c(c3)C3(c5ccccc5Sc5c(-c6cc(-c7ccccc7)nc(C)n6)cccc53)c3ccccc3-4)cc2)c1. The molecule has 0 bridgehead atoms. The highest BCUT2D eigenvalue weighted by Gasteiger charge is 2.50. The molecule has 8 aromatic rings. The Balaban J connectivity index is 1.20. The van der Waals surface area contributed by atoms with Gasteiger partial charge in [-0.3, -0.25) is 4.98 Å². The summed E-state index contributed by atoms with van der Waals surface area (Å²) in [5, 5.41) is 0. The maximum atomic E-state index is 5.06. The number of fused-ring (bicyclic) bond motifs is 9. The maximum absolute atomic E-state index is 5.06. The molecule has 1 aliphatic heterocycles. The van der Waals surface area contributed by atoms with E-state index >= 15 is 0 Å². The molecule has 4 heteroatoms. The summed E-state index contributed by atoms with van der Waals surface area (Å²) in [5.74, 6) is 0.760. The van der Waals surface area contributed by atoms with Crippen molar-refractivity contribution in [2.45, 2.75) is 29.1 Å². The van der Waals surface area contributed by atoms with Crippen LogP contribution >= 0.6 is 11.8 Å². The van der Waals surface area contributed by atoms with E-state index in [0.717, 1.165) is 39.6 Å². The Morgan fingerprint density at radius 3 is 1.94 bits per heavy atom. The molecule has 1 atom stereocenters. The van der Waals surface area contributed by atoms with E-state index in [1.807, 2.05) is 37.0 Å². The van der Waals surface area contributed by atoms with E-state index < -0.39 is 5.41 Å². The molecule has 1 unspecified atom stereocenters. The van der Waals surface area contributed by atoms with Crippen LogP contribution in [0.25, 0.3) is 56.0 Å². The number of hydrogen-bond donors (Lipinski definition) is 0. The molecular weight excluding hydrogens is 651 g/mol. The molecule has 52 heavy (non-hydrogen) atoms. The summed E-state index contributed by atoms with van der Waals surface area (Å²) in [4.78, 5) is 17.0. The number of nitrogens with zero attached hydrogens (tertiary/aromatic N) is 3. The van der Waals surface area contributed by atoms with Crippen LogP contribution in [0.3, 0.4) is 0 Å². The van der Waals surface area contributed by atoms with Crippen molar-refractivity contribution in [1.29, 1.82) is 0 Å². The van der Waals surface area contributed by atoms with Crippen molar-refractivity contribution in [2.24, 2.45) is 0 Å². The lowest BCUT2D eigenvalue weighted by Crippen LogP contribution is -2.32. The molecule has 0 N–H and O–H groups in total. The van der Waals surface area contributed by atoms with Gasteiger partial charge in [0.15, 0.2) is 0 Å². The van der Waals surface area contributed by atoms with Gasteiger partial charge in [-0.1, -0.05) is 139 Å². The van der Waals surface area contributed by atoms with Crippen molar-refractivity contribution < 1.29 is 0 Å². The van der Waals surface area contributed by atoms with Crippen LogP contribution in [0.2, 0.25) is 0 Å². The predicted molar refractivity (Wildman–Crippen MR) is 212 cm³/mol. The van der Waals surface area contributed by atoms with E-state index in [4.69, 9.17) is 9.97 Å².